The van der Waals surface area contributed by atoms with E-state index in [1.165, 1.54) is 11.3 Å². The SMILES string of the molecule is CCOc1cccc(C(CN)N2CCN(c3ccccc3)CC2)c1. The minimum Gasteiger partial charge on any atom is -0.494 e. The van der Waals surface area contributed by atoms with Crippen LogP contribution in [-0.4, -0.2) is 44.2 Å². The second kappa shape index (κ2) is 8.18. The Bertz CT molecular complexity index is 624. The lowest BCUT2D eigenvalue weighted by atomic mass is 10.0. The Morgan fingerprint density at radius 1 is 1.00 bits per heavy atom. The lowest BCUT2D eigenvalue weighted by molar-refractivity contribution is 0.190. The lowest BCUT2D eigenvalue weighted by Crippen LogP contribution is -2.49. The molecule has 1 atom stereocenters. The molecule has 1 saturated heterocycles. The molecule has 0 bridgehead atoms. The zero-order valence-electron chi connectivity index (χ0n) is 14.4. The average molecular weight is 325 g/mol. The van der Waals surface area contributed by atoms with E-state index in [9.17, 15) is 0 Å². The van der Waals surface area contributed by atoms with Gasteiger partial charge in [0, 0.05) is 44.5 Å². The minimum atomic E-state index is 0.253. The second-order valence-electron chi connectivity index (χ2n) is 6.12. The summed E-state index contributed by atoms with van der Waals surface area (Å²) >= 11 is 0. The number of piperazine rings is 1. The molecule has 1 aliphatic rings. The molecule has 0 spiro atoms. The first-order valence-electron chi connectivity index (χ1n) is 8.78. The molecule has 128 valence electrons. The van der Waals surface area contributed by atoms with Crippen molar-refractivity contribution in [1.82, 2.24) is 4.90 Å². The van der Waals surface area contributed by atoms with Crippen molar-refractivity contribution in [2.45, 2.75) is 13.0 Å². The molecule has 1 heterocycles. The van der Waals surface area contributed by atoms with Crippen LogP contribution in [0.1, 0.15) is 18.5 Å². The van der Waals surface area contributed by atoms with Gasteiger partial charge in [0.1, 0.15) is 5.75 Å². The van der Waals surface area contributed by atoms with Crippen LogP contribution in [0.5, 0.6) is 5.75 Å². The van der Waals surface area contributed by atoms with Crippen molar-refractivity contribution in [2.75, 3.05) is 44.2 Å². The fourth-order valence-corrected chi connectivity index (χ4v) is 3.40. The highest BCUT2D eigenvalue weighted by molar-refractivity contribution is 5.46. The smallest absolute Gasteiger partial charge is 0.119 e. The molecule has 0 aromatic heterocycles. The fourth-order valence-electron chi connectivity index (χ4n) is 3.40. The van der Waals surface area contributed by atoms with Gasteiger partial charge in [-0.3, -0.25) is 4.90 Å². The van der Waals surface area contributed by atoms with Crippen LogP contribution >= 0.6 is 0 Å². The number of rotatable bonds is 6. The van der Waals surface area contributed by atoms with Gasteiger partial charge in [-0.1, -0.05) is 30.3 Å². The Morgan fingerprint density at radius 3 is 2.42 bits per heavy atom. The molecule has 24 heavy (non-hydrogen) atoms. The molecule has 4 nitrogen and oxygen atoms in total. The molecule has 1 unspecified atom stereocenters. The summed E-state index contributed by atoms with van der Waals surface area (Å²) in [5.74, 6) is 0.927. The van der Waals surface area contributed by atoms with Gasteiger partial charge in [-0.15, -0.1) is 0 Å². The lowest BCUT2D eigenvalue weighted by Gasteiger charge is -2.40. The topological polar surface area (TPSA) is 41.7 Å². The predicted octanol–water partition coefficient (Wildman–Crippen LogP) is 2.91. The van der Waals surface area contributed by atoms with E-state index in [4.69, 9.17) is 10.5 Å². The second-order valence-corrected chi connectivity index (χ2v) is 6.12. The Labute approximate surface area is 144 Å². The summed E-state index contributed by atoms with van der Waals surface area (Å²) in [4.78, 5) is 4.94. The third-order valence-corrected chi connectivity index (χ3v) is 4.65. The van der Waals surface area contributed by atoms with E-state index in [1.54, 1.807) is 0 Å². The largest absolute Gasteiger partial charge is 0.494 e. The van der Waals surface area contributed by atoms with Crippen molar-refractivity contribution in [3.8, 4) is 5.75 Å². The summed E-state index contributed by atoms with van der Waals surface area (Å²) in [6, 6.07) is 19.2. The molecule has 0 radical (unpaired) electrons. The van der Waals surface area contributed by atoms with Crippen LogP contribution in [0.15, 0.2) is 54.6 Å². The average Bonchev–Trinajstić information content (AvgIpc) is 2.64. The number of ether oxygens (including phenoxy) is 1. The van der Waals surface area contributed by atoms with Crippen molar-refractivity contribution in [3.05, 3.63) is 60.2 Å². The number of nitrogens with two attached hydrogens (primary N) is 1. The first-order chi connectivity index (χ1) is 11.8. The molecule has 2 aromatic rings. The molecule has 4 heteroatoms. The van der Waals surface area contributed by atoms with Crippen LogP contribution in [0, 0.1) is 0 Å². The fraction of sp³-hybridized carbons (Fsp3) is 0.400. The summed E-state index contributed by atoms with van der Waals surface area (Å²) in [6.07, 6.45) is 0. The van der Waals surface area contributed by atoms with E-state index < -0.39 is 0 Å². The quantitative estimate of drug-likeness (QED) is 0.887. The minimum absolute atomic E-state index is 0.253. The Morgan fingerprint density at radius 2 is 1.75 bits per heavy atom. The van der Waals surface area contributed by atoms with Crippen molar-refractivity contribution < 1.29 is 4.74 Å². The third-order valence-electron chi connectivity index (χ3n) is 4.65. The van der Waals surface area contributed by atoms with Crippen molar-refractivity contribution in [3.63, 3.8) is 0 Å². The number of nitrogens with zero attached hydrogens (tertiary/aromatic N) is 2. The molecule has 1 aliphatic heterocycles. The summed E-state index contributed by atoms with van der Waals surface area (Å²) in [5, 5.41) is 0. The zero-order valence-corrected chi connectivity index (χ0v) is 14.4. The standard InChI is InChI=1S/C20H27N3O/c1-2-24-19-10-6-7-17(15-19)20(16-21)23-13-11-22(12-14-23)18-8-4-3-5-9-18/h3-10,15,20H,2,11-14,16,21H2,1H3. The van der Waals surface area contributed by atoms with Gasteiger partial charge in [0.25, 0.3) is 0 Å². The predicted molar refractivity (Wildman–Crippen MR) is 99.6 cm³/mol. The van der Waals surface area contributed by atoms with E-state index in [0.717, 1.165) is 31.9 Å². The van der Waals surface area contributed by atoms with E-state index in [0.29, 0.717) is 13.2 Å². The number of benzene rings is 2. The molecule has 0 saturated carbocycles. The summed E-state index contributed by atoms with van der Waals surface area (Å²) in [6.45, 7) is 7.44. The highest BCUT2D eigenvalue weighted by atomic mass is 16.5. The molecule has 2 aromatic carbocycles. The van der Waals surface area contributed by atoms with Gasteiger partial charge in [0.2, 0.25) is 0 Å². The maximum absolute atomic E-state index is 6.11. The monoisotopic (exact) mass is 325 g/mol. The third kappa shape index (κ3) is 3.89. The van der Waals surface area contributed by atoms with Crippen LogP contribution in [0.2, 0.25) is 0 Å². The first kappa shape index (κ1) is 16.8. The van der Waals surface area contributed by atoms with Gasteiger partial charge in [-0.2, -0.15) is 0 Å². The normalized spacial score (nSPS) is 16.8. The Kier molecular flexibility index (Phi) is 5.72. The summed E-state index contributed by atoms with van der Waals surface area (Å²) in [5.41, 5.74) is 8.66. The van der Waals surface area contributed by atoms with Crippen LogP contribution in [0.4, 0.5) is 5.69 Å². The van der Waals surface area contributed by atoms with Crippen LogP contribution in [0.25, 0.3) is 0 Å². The van der Waals surface area contributed by atoms with Crippen molar-refractivity contribution >= 4 is 5.69 Å². The zero-order chi connectivity index (χ0) is 16.8. The van der Waals surface area contributed by atoms with E-state index in [1.807, 2.05) is 13.0 Å². The van der Waals surface area contributed by atoms with E-state index >= 15 is 0 Å². The first-order valence-corrected chi connectivity index (χ1v) is 8.78. The number of hydrogen-bond acceptors (Lipinski definition) is 4. The summed E-state index contributed by atoms with van der Waals surface area (Å²) < 4.78 is 5.64. The van der Waals surface area contributed by atoms with Gasteiger partial charge in [0.05, 0.1) is 6.61 Å². The molecule has 3 rings (SSSR count). The van der Waals surface area contributed by atoms with E-state index in [2.05, 4.69) is 58.3 Å². The van der Waals surface area contributed by atoms with E-state index in [-0.39, 0.29) is 6.04 Å². The van der Waals surface area contributed by atoms with Crippen molar-refractivity contribution in [1.29, 1.82) is 0 Å². The number of hydrogen-bond donors (Lipinski definition) is 1. The maximum atomic E-state index is 6.11. The Hall–Kier alpha value is -2.04. The number of anilines is 1. The maximum Gasteiger partial charge on any atom is 0.119 e. The summed E-state index contributed by atoms with van der Waals surface area (Å²) in [7, 11) is 0. The molecular weight excluding hydrogens is 298 g/mol. The van der Waals surface area contributed by atoms with Gasteiger partial charge in [-0.05, 0) is 36.8 Å². The molecule has 1 fully saturated rings. The molecule has 2 N–H and O–H groups in total. The van der Waals surface area contributed by atoms with Gasteiger partial charge < -0.3 is 15.4 Å². The van der Waals surface area contributed by atoms with Crippen LogP contribution in [0.3, 0.4) is 0 Å². The highest BCUT2D eigenvalue weighted by Gasteiger charge is 2.24. The van der Waals surface area contributed by atoms with Crippen molar-refractivity contribution in [2.24, 2.45) is 5.73 Å². The van der Waals surface area contributed by atoms with Gasteiger partial charge >= 0.3 is 0 Å². The molecule has 0 aliphatic carbocycles. The van der Waals surface area contributed by atoms with Crippen LogP contribution in [-0.2, 0) is 0 Å². The Balaban J connectivity index is 1.66. The molecular formula is C20H27N3O. The van der Waals surface area contributed by atoms with Crippen LogP contribution < -0.4 is 15.4 Å². The highest BCUT2D eigenvalue weighted by Crippen LogP contribution is 2.26. The molecule has 0 amide bonds. The van der Waals surface area contributed by atoms with Gasteiger partial charge in [0.15, 0.2) is 0 Å². The van der Waals surface area contributed by atoms with Gasteiger partial charge in [-0.25, -0.2) is 0 Å². The number of para-hydroxylation sites is 1.